The normalized spacial score (nSPS) is 32.9. The van der Waals surface area contributed by atoms with Gasteiger partial charge in [0.05, 0.1) is 0 Å². The van der Waals surface area contributed by atoms with E-state index in [-0.39, 0.29) is 0 Å². The third-order valence-corrected chi connectivity index (χ3v) is 5.56. The van der Waals surface area contributed by atoms with E-state index in [1.807, 2.05) is 0 Å². The molecule has 2 aliphatic heterocycles. The molecule has 3 heterocycles. The maximum absolute atomic E-state index is 4.69. The molecule has 0 saturated carbocycles. The lowest BCUT2D eigenvalue weighted by Gasteiger charge is -2.28. The van der Waals surface area contributed by atoms with Gasteiger partial charge < -0.3 is 10.2 Å². The summed E-state index contributed by atoms with van der Waals surface area (Å²) in [5, 5.41) is 3.54. The molecule has 0 radical (unpaired) electrons. The molecular formula is C16H24N4. The van der Waals surface area contributed by atoms with Crippen LogP contribution in [-0.4, -0.2) is 35.6 Å². The zero-order valence-electron chi connectivity index (χ0n) is 12.3. The number of rotatable bonds is 1. The first-order chi connectivity index (χ1) is 9.84. The van der Waals surface area contributed by atoms with Crippen LogP contribution in [0.2, 0.25) is 0 Å². The molecule has 2 saturated heterocycles. The van der Waals surface area contributed by atoms with Gasteiger partial charge in [-0.05, 0) is 44.4 Å². The van der Waals surface area contributed by atoms with Crippen LogP contribution in [0.1, 0.15) is 37.4 Å². The second-order valence-electron chi connectivity index (χ2n) is 6.66. The molecule has 1 aliphatic carbocycles. The Kier molecular flexibility index (Phi) is 3.14. The van der Waals surface area contributed by atoms with Gasteiger partial charge in [0.2, 0.25) is 0 Å². The smallest absolute Gasteiger partial charge is 0.135 e. The Morgan fingerprint density at radius 2 is 2.05 bits per heavy atom. The number of hydrogen-bond donors (Lipinski definition) is 1. The molecule has 4 nitrogen and oxygen atoms in total. The summed E-state index contributed by atoms with van der Waals surface area (Å²) >= 11 is 0. The number of fused-ring (bicyclic) bond motifs is 2. The molecule has 3 unspecified atom stereocenters. The summed E-state index contributed by atoms with van der Waals surface area (Å²) in [5.41, 5.74) is 2.76. The van der Waals surface area contributed by atoms with Crippen LogP contribution in [0.25, 0.3) is 0 Å². The Labute approximate surface area is 121 Å². The van der Waals surface area contributed by atoms with E-state index in [0.717, 1.165) is 18.3 Å². The molecule has 1 aromatic heterocycles. The lowest BCUT2D eigenvalue weighted by Crippen LogP contribution is -2.34. The van der Waals surface area contributed by atoms with E-state index in [1.165, 1.54) is 62.4 Å². The molecule has 1 aromatic rings. The molecule has 2 fully saturated rings. The molecular weight excluding hydrogens is 248 g/mol. The van der Waals surface area contributed by atoms with E-state index in [4.69, 9.17) is 0 Å². The molecule has 0 bridgehead atoms. The summed E-state index contributed by atoms with van der Waals surface area (Å²) in [6.45, 7) is 5.90. The monoisotopic (exact) mass is 272 g/mol. The first-order valence-corrected chi connectivity index (χ1v) is 8.14. The lowest BCUT2D eigenvalue weighted by molar-refractivity contribution is 0.471. The average molecular weight is 272 g/mol. The number of nitrogens with one attached hydrogen (secondary N) is 1. The summed E-state index contributed by atoms with van der Waals surface area (Å²) in [7, 11) is 0. The molecule has 4 heteroatoms. The van der Waals surface area contributed by atoms with Crippen molar-refractivity contribution in [2.24, 2.45) is 11.8 Å². The minimum Gasteiger partial charge on any atom is -0.353 e. The third kappa shape index (κ3) is 1.93. The summed E-state index contributed by atoms with van der Waals surface area (Å²) in [6, 6.07) is 0.609. The van der Waals surface area contributed by atoms with Crippen molar-refractivity contribution in [1.82, 2.24) is 15.3 Å². The second-order valence-corrected chi connectivity index (χ2v) is 6.66. The highest BCUT2D eigenvalue weighted by molar-refractivity contribution is 5.51. The van der Waals surface area contributed by atoms with Crippen LogP contribution in [-0.2, 0) is 12.8 Å². The van der Waals surface area contributed by atoms with E-state index in [1.54, 1.807) is 6.33 Å². The quantitative estimate of drug-likeness (QED) is 0.791. The van der Waals surface area contributed by atoms with Gasteiger partial charge in [0, 0.05) is 36.9 Å². The van der Waals surface area contributed by atoms with Crippen LogP contribution in [0.15, 0.2) is 6.33 Å². The first kappa shape index (κ1) is 12.6. The van der Waals surface area contributed by atoms with Crippen LogP contribution in [0.4, 0.5) is 5.82 Å². The fourth-order valence-electron chi connectivity index (χ4n) is 4.38. The number of aryl methyl sites for hydroxylation is 1. The van der Waals surface area contributed by atoms with Crippen molar-refractivity contribution in [3.63, 3.8) is 0 Å². The molecule has 0 amide bonds. The predicted octanol–water partition coefficient (Wildman–Crippen LogP) is 1.79. The van der Waals surface area contributed by atoms with Crippen LogP contribution in [0.5, 0.6) is 0 Å². The van der Waals surface area contributed by atoms with Crippen molar-refractivity contribution in [3.8, 4) is 0 Å². The van der Waals surface area contributed by atoms with E-state index in [2.05, 4.69) is 27.1 Å². The Hall–Kier alpha value is -1.16. The van der Waals surface area contributed by atoms with Gasteiger partial charge in [-0.3, -0.25) is 0 Å². The van der Waals surface area contributed by atoms with E-state index < -0.39 is 0 Å². The van der Waals surface area contributed by atoms with Crippen molar-refractivity contribution in [3.05, 3.63) is 17.6 Å². The fourth-order valence-corrected chi connectivity index (χ4v) is 4.38. The maximum Gasteiger partial charge on any atom is 0.135 e. The van der Waals surface area contributed by atoms with Crippen LogP contribution in [0.3, 0.4) is 0 Å². The molecule has 3 aliphatic rings. The van der Waals surface area contributed by atoms with Crippen molar-refractivity contribution in [2.75, 3.05) is 24.5 Å². The standard InChI is InChI=1S/C16H24N4/c1-11-14-8-17-7-12(14)9-20(11)16-13-5-3-2-4-6-15(13)18-10-19-16/h10-12,14,17H,2-9H2,1H3. The van der Waals surface area contributed by atoms with Gasteiger partial charge >= 0.3 is 0 Å². The van der Waals surface area contributed by atoms with Crippen molar-refractivity contribution in [2.45, 2.75) is 45.1 Å². The summed E-state index contributed by atoms with van der Waals surface area (Å²) in [5.74, 6) is 2.85. The van der Waals surface area contributed by atoms with Gasteiger partial charge in [-0.15, -0.1) is 0 Å². The lowest BCUT2D eigenvalue weighted by atomic mass is 9.95. The van der Waals surface area contributed by atoms with Crippen molar-refractivity contribution < 1.29 is 0 Å². The number of nitrogens with zero attached hydrogens (tertiary/aromatic N) is 3. The molecule has 20 heavy (non-hydrogen) atoms. The van der Waals surface area contributed by atoms with Gasteiger partial charge in [-0.2, -0.15) is 0 Å². The van der Waals surface area contributed by atoms with E-state index >= 15 is 0 Å². The van der Waals surface area contributed by atoms with Gasteiger partial charge in [0.15, 0.2) is 0 Å². The average Bonchev–Trinajstić information content (AvgIpc) is 2.94. The highest BCUT2D eigenvalue weighted by Gasteiger charge is 2.43. The van der Waals surface area contributed by atoms with Gasteiger partial charge in [-0.25, -0.2) is 9.97 Å². The van der Waals surface area contributed by atoms with Crippen molar-refractivity contribution >= 4 is 5.82 Å². The van der Waals surface area contributed by atoms with Crippen LogP contribution >= 0.6 is 0 Å². The zero-order chi connectivity index (χ0) is 13.5. The molecule has 3 atom stereocenters. The molecule has 0 spiro atoms. The SMILES string of the molecule is CC1C2CNCC2CN1c1ncnc2c1CCCCC2. The van der Waals surface area contributed by atoms with Crippen LogP contribution in [0, 0.1) is 11.8 Å². The largest absolute Gasteiger partial charge is 0.353 e. The molecule has 1 N–H and O–H groups in total. The fraction of sp³-hybridized carbons (Fsp3) is 0.750. The number of hydrogen-bond acceptors (Lipinski definition) is 4. The highest BCUT2D eigenvalue weighted by Crippen LogP contribution is 2.37. The van der Waals surface area contributed by atoms with Gasteiger partial charge in [0.25, 0.3) is 0 Å². The minimum absolute atomic E-state index is 0.609. The van der Waals surface area contributed by atoms with E-state index in [0.29, 0.717) is 6.04 Å². The second kappa shape index (κ2) is 4.99. The Morgan fingerprint density at radius 1 is 1.15 bits per heavy atom. The Morgan fingerprint density at radius 3 is 2.95 bits per heavy atom. The molecule has 4 rings (SSSR count). The predicted molar refractivity (Wildman–Crippen MR) is 79.9 cm³/mol. The van der Waals surface area contributed by atoms with Crippen molar-refractivity contribution in [1.29, 1.82) is 0 Å². The topological polar surface area (TPSA) is 41.0 Å². The number of anilines is 1. The zero-order valence-corrected chi connectivity index (χ0v) is 12.3. The van der Waals surface area contributed by atoms with E-state index in [9.17, 15) is 0 Å². The third-order valence-electron chi connectivity index (χ3n) is 5.56. The first-order valence-electron chi connectivity index (χ1n) is 8.14. The molecule has 108 valence electrons. The summed E-state index contributed by atoms with van der Waals surface area (Å²) in [6.07, 6.45) is 8.01. The van der Waals surface area contributed by atoms with Gasteiger partial charge in [0.1, 0.15) is 12.1 Å². The van der Waals surface area contributed by atoms with Gasteiger partial charge in [-0.1, -0.05) is 6.42 Å². The number of aromatic nitrogens is 2. The molecule has 0 aromatic carbocycles. The minimum atomic E-state index is 0.609. The highest BCUT2D eigenvalue weighted by atomic mass is 15.3. The summed E-state index contributed by atoms with van der Waals surface area (Å²) in [4.78, 5) is 11.8. The Bertz CT molecular complexity index is 501. The Balaban J connectivity index is 1.69. The van der Waals surface area contributed by atoms with Crippen LogP contribution < -0.4 is 10.2 Å². The maximum atomic E-state index is 4.69. The summed E-state index contributed by atoms with van der Waals surface area (Å²) < 4.78 is 0.